The van der Waals surface area contributed by atoms with E-state index in [1.807, 2.05) is 4.90 Å². The first kappa shape index (κ1) is 17.9. The number of benzene rings is 1. The van der Waals surface area contributed by atoms with Crippen LogP contribution in [-0.4, -0.2) is 49.4 Å². The molecular weight excluding hydrogens is 337 g/mol. The zero-order valence-corrected chi connectivity index (χ0v) is 14.7. The second-order valence-electron chi connectivity index (χ2n) is 6.41. The fourth-order valence-corrected chi connectivity index (χ4v) is 3.24. The van der Waals surface area contributed by atoms with E-state index >= 15 is 4.39 Å². The van der Waals surface area contributed by atoms with Crippen LogP contribution in [0.25, 0.3) is 0 Å². The van der Waals surface area contributed by atoms with E-state index in [2.05, 4.69) is 17.2 Å². The number of hydrogen-bond acceptors (Lipinski definition) is 5. The van der Waals surface area contributed by atoms with Crippen molar-refractivity contribution >= 4 is 29.1 Å². The van der Waals surface area contributed by atoms with Gasteiger partial charge in [-0.1, -0.05) is 12.2 Å². The summed E-state index contributed by atoms with van der Waals surface area (Å²) < 4.78 is 15.1. The summed E-state index contributed by atoms with van der Waals surface area (Å²) in [7, 11) is 1.58. The number of carbonyl (C=O) groups is 2. The zero-order valence-electron chi connectivity index (χ0n) is 14.7. The van der Waals surface area contributed by atoms with Gasteiger partial charge in [0.1, 0.15) is 5.84 Å². The third kappa shape index (κ3) is 3.26. The number of amidine groups is 1. The SMILES string of the molecule is C=C1CCN(c2ccc(C(=N)N3CCC(=O)NC3=O)c(NC)c2F)CC1. The number of nitrogens with zero attached hydrogens (tertiary/aromatic N) is 2. The minimum Gasteiger partial charge on any atom is -0.385 e. The van der Waals surface area contributed by atoms with Crippen LogP contribution in [0.4, 0.5) is 20.6 Å². The van der Waals surface area contributed by atoms with Gasteiger partial charge < -0.3 is 10.2 Å². The fourth-order valence-electron chi connectivity index (χ4n) is 3.24. The predicted octanol–water partition coefficient (Wildman–Crippen LogP) is 2.29. The summed E-state index contributed by atoms with van der Waals surface area (Å²) in [5.74, 6) is -0.964. The van der Waals surface area contributed by atoms with Crippen molar-refractivity contribution in [2.24, 2.45) is 0 Å². The molecule has 1 aromatic carbocycles. The first-order valence-electron chi connectivity index (χ1n) is 8.54. The third-order valence-electron chi connectivity index (χ3n) is 4.76. The summed E-state index contributed by atoms with van der Waals surface area (Å²) in [5, 5.41) is 13.3. The average Bonchev–Trinajstić information content (AvgIpc) is 2.62. The summed E-state index contributed by atoms with van der Waals surface area (Å²) in [5.41, 5.74) is 2.08. The number of nitrogens with one attached hydrogen (secondary N) is 3. The lowest BCUT2D eigenvalue weighted by Crippen LogP contribution is -2.52. The molecule has 3 amide bonds. The molecule has 0 aromatic heterocycles. The van der Waals surface area contributed by atoms with Crippen LogP contribution in [-0.2, 0) is 4.79 Å². The maximum atomic E-state index is 15.1. The molecule has 0 saturated carbocycles. The van der Waals surface area contributed by atoms with Crippen LogP contribution >= 0.6 is 0 Å². The Morgan fingerprint density at radius 3 is 2.54 bits per heavy atom. The maximum absolute atomic E-state index is 15.1. The molecule has 3 rings (SSSR count). The summed E-state index contributed by atoms with van der Waals surface area (Å²) in [6.07, 6.45) is 1.77. The van der Waals surface area contributed by atoms with Crippen LogP contribution in [0.2, 0.25) is 0 Å². The van der Waals surface area contributed by atoms with Gasteiger partial charge >= 0.3 is 6.03 Å². The largest absolute Gasteiger partial charge is 0.385 e. The van der Waals surface area contributed by atoms with Crippen LogP contribution in [0.3, 0.4) is 0 Å². The molecule has 1 aromatic rings. The van der Waals surface area contributed by atoms with Crippen molar-refractivity contribution in [2.45, 2.75) is 19.3 Å². The molecule has 7 nitrogen and oxygen atoms in total. The van der Waals surface area contributed by atoms with E-state index in [0.717, 1.165) is 17.7 Å². The second kappa shape index (κ2) is 7.15. The Balaban J connectivity index is 1.90. The minimum absolute atomic E-state index is 0.101. The van der Waals surface area contributed by atoms with E-state index < -0.39 is 11.8 Å². The van der Waals surface area contributed by atoms with Crippen molar-refractivity contribution in [3.63, 3.8) is 0 Å². The Bertz CT molecular complexity index is 782. The second-order valence-corrected chi connectivity index (χ2v) is 6.41. The number of rotatable bonds is 3. The van der Waals surface area contributed by atoms with E-state index in [9.17, 15) is 9.59 Å². The van der Waals surface area contributed by atoms with Gasteiger partial charge in [0, 0.05) is 38.7 Å². The number of imide groups is 1. The van der Waals surface area contributed by atoms with Crippen molar-refractivity contribution < 1.29 is 14.0 Å². The van der Waals surface area contributed by atoms with Gasteiger partial charge in [-0.2, -0.15) is 0 Å². The lowest BCUT2D eigenvalue weighted by Gasteiger charge is -2.32. The molecule has 2 fully saturated rings. The van der Waals surface area contributed by atoms with Crippen molar-refractivity contribution in [3.8, 4) is 0 Å². The van der Waals surface area contributed by atoms with Gasteiger partial charge in [-0.3, -0.25) is 20.4 Å². The molecule has 0 unspecified atom stereocenters. The molecule has 3 N–H and O–H groups in total. The van der Waals surface area contributed by atoms with Gasteiger partial charge in [0.15, 0.2) is 5.82 Å². The Morgan fingerprint density at radius 1 is 1.23 bits per heavy atom. The van der Waals surface area contributed by atoms with Crippen LogP contribution in [0.5, 0.6) is 0 Å². The first-order chi connectivity index (χ1) is 12.4. The highest BCUT2D eigenvalue weighted by Crippen LogP contribution is 2.32. The Morgan fingerprint density at radius 2 is 1.92 bits per heavy atom. The molecule has 2 aliphatic heterocycles. The number of urea groups is 1. The summed E-state index contributed by atoms with van der Waals surface area (Å²) in [6.45, 7) is 5.47. The molecule has 8 heteroatoms. The predicted molar refractivity (Wildman–Crippen MR) is 98.2 cm³/mol. The monoisotopic (exact) mass is 359 g/mol. The van der Waals surface area contributed by atoms with E-state index in [0.29, 0.717) is 18.8 Å². The van der Waals surface area contributed by atoms with E-state index in [-0.39, 0.29) is 36.0 Å². The normalized spacial score (nSPS) is 18.0. The van der Waals surface area contributed by atoms with Crippen molar-refractivity contribution in [2.75, 3.05) is 36.9 Å². The molecule has 0 atom stereocenters. The summed E-state index contributed by atoms with van der Waals surface area (Å²) in [6, 6.07) is 2.62. The molecule has 0 spiro atoms. The smallest absolute Gasteiger partial charge is 0.329 e. The Labute approximate surface area is 151 Å². The summed E-state index contributed by atoms with van der Waals surface area (Å²) in [4.78, 5) is 26.4. The molecule has 0 bridgehead atoms. The van der Waals surface area contributed by atoms with Crippen molar-refractivity contribution in [1.29, 1.82) is 5.41 Å². The van der Waals surface area contributed by atoms with E-state index in [4.69, 9.17) is 5.41 Å². The van der Waals surface area contributed by atoms with Crippen LogP contribution in [0.15, 0.2) is 24.3 Å². The minimum atomic E-state index is -0.660. The molecule has 0 radical (unpaired) electrons. The molecule has 2 saturated heterocycles. The number of anilines is 2. The van der Waals surface area contributed by atoms with Gasteiger partial charge in [-0.25, -0.2) is 9.18 Å². The number of carbonyl (C=O) groups excluding carboxylic acids is 2. The molecule has 26 heavy (non-hydrogen) atoms. The van der Waals surface area contributed by atoms with Crippen LogP contribution in [0.1, 0.15) is 24.8 Å². The standard InChI is InChI=1S/C18H22FN5O2/c1-11-5-8-23(9-6-11)13-4-3-12(16(21-2)15(13)19)17(20)24-10-7-14(25)22-18(24)26/h3-4,20-21H,1,5-10H2,2H3,(H,22,25,26). The lowest BCUT2D eigenvalue weighted by molar-refractivity contribution is -0.121. The maximum Gasteiger partial charge on any atom is 0.329 e. The highest BCUT2D eigenvalue weighted by Gasteiger charge is 2.29. The first-order valence-corrected chi connectivity index (χ1v) is 8.54. The van der Waals surface area contributed by atoms with Gasteiger partial charge in [0.2, 0.25) is 5.91 Å². The van der Waals surface area contributed by atoms with Crippen LogP contribution in [0, 0.1) is 11.2 Å². The Hall–Kier alpha value is -2.90. The number of piperidine rings is 1. The van der Waals surface area contributed by atoms with Gasteiger partial charge in [-0.15, -0.1) is 0 Å². The Kier molecular flexibility index (Phi) is 4.92. The zero-order chi connectivity index (χ0) is 18.8. The van der Waals surface area contributed by atoms with Crippen molar-refractivity contribution in [1.82, 2.24) is 10.2 Å². The molecular formula is C18H22FN5O2. The number of halogens is 1. The molecule has 138 valence electrons. The van der Waals surface area contributed by atoms with Crippen molar-refractivity contribution in [3.05, 3.63) is 35.7 Å². The van der Waals surface area contributed by atoms with Gasteiger partial charge in [-0.05, 0) is 25.0 Å². The fraction of sp³-hybridized carbons (Fsp3) is 0.389. The van der Waals surface area contributed by atoms with Gasteiger partial charge in [0.25, 0.3) is 0 Å². The van der Waals surface area contributed by atoms with Crippen LogP contribution < -0.4 is 15.5 Å². The average molecular weight is 359 g/mol. The molecule has 2 heterocycles. The number of amides is 3. The summed E-state index contributed by atoms with van der Waals surface area (Å²) >= 11 is 0. The van der Waals surface area contributed by atoms with E-state index in [1.54, 1.807) is 19.2 Å². The van der Waals surface area contributed by atoms with Gasteiger partial charge in [0.05, 0.1) is 11.4 Å². The van der Waals surface area contributed by atoms with E-state index in [1.165, 1.54) is 5.57 Å². The highest BCUT2D eigenvalue weighted by molar-refractivity contribution is 6.13. The highest BCUT2D eigenvalue weighted by atomic mass is 19.1. The number of hydrogen-bond donors (Lipinski definition) is 3. The lowest BCUT2D eigenvalue weighted by atomic mass is 10.0. The molecule has 2 aliphatic rings. The molecule has 0 aliphatic carbocycles. The topological polar surface area (TPSA) is 88.5 Å². The quantitative estimate of drug-likeness (QED) is 0.439. The third-order valence-corrected chi connectivity index (χ3v) is 4.76.